The maximum absolute atomic E-state index is 11.8. The number of carbonyl (C=O) groups is 2. The van der Waals surface area contributed by atoms with Gasteiger partial charge in [-0.2, -0.15) is 0 Å². The molecule has 0 atom stereocenters. The van der Waals surface area contributed by atoms with Gasteiger partial charge in [-0.25, -0.2) is 5.48 Å². The van der Waals surface area contributed by atoms with Gasteiger partial charge in [0.2, 0.25) is 5.91 Å². The lowest BCUT2D eigenvalue weighted by Gasteiger charge is -2.25. The molecule has 5 nitrogen and oxygen atoms in total. The highest BCUT2D eigenvalue weighted by atomic mass is 16.5. The number of amides is 2. The molecule has 0 saturated heterocycles. The lowest BCUT2D eigenvalue weighted by atomic mass is 9.78. The normalized spacial score (nSPS) is 11.1. The van der Waals surface area contributed by atoms with Gasteiger partial charge in [0.05, 0.1) is 0 Å². The third-order valence-electron chi connectivity index (χ3n) is 3.64. The van der Waals surface area contributed by atoms with Crippen molar-refractivity contribution in [1.82, 2.24) is 5.48 Å². The number of nitrogens with one attached hydrogen (secondary N) is 1. The van der Waals surface area contributed by atoms with E-state index in [0.29, 0.717) is 11.1 Å². The number of benzene rings is 2. The molecule has 0 unspecified atom stereocenters. The van der Waals surface area contributed by atoms with E-state index < -0.39 is 11.8 Å². The van der Waals surface area contributed by atoms with Crippen molar-refractivity contribution in [3.63, 3.8) is 0 Å². The zero-order valence-electron chi connectivity index (χ0n) is 13.4. The van der Waals surface area contributed by atoms with Crippen LogP contribution < -0.4 is 11.2 Å². The van der Waals surface area contributed by atoms with E-state index in [9.17, 15) is 9.59 Å². The van der Waals surface area contributed by atoms with Gasteiger partial charge in [-0.15, -0.1) is 0 Å². The second kappa shape index (κ2) is 6.22. The van der Waals surface area contributed by atoms with Gasteiger partial charge in [0.1, 0.15) is 0 Å². The van der Waals surface area contributed by atoms with Gasteiger partial charge in [0.25, 0.3) is 5.91 Å². The van der Waals surface area contributed by atoms with E-state index in [1.165, 1.54) is 0 Å². The van der Waals surface area contributed by atoms with Gasteiger partial charge in [0.15, 0.2) is 0 Å². The van der Waals surface area contributed by atoms with E-state index in [4.69, 9.17) is 10.9 Å². The van der Waals surface area contributed by atoms with Crippen molar-refractivity contribution < 1.29 is 14.8 Å². The summed E-state index contributed by atoms with van der Waals surface area (Å²) >= 11 is 0. The molecule has 4 N–H and O–H groups in total. The molecule has 0 aliphatic rings. The van der Waals surface area contributed by atoms with Crippen molar-refractivity contribution in [3.8, 4) is 11.1 Å². The van der Waals surface area contributed by atoms with E-state index in [2.05, 4.69) is 0 Å². The zero-order valence-corrected chi connectivity index (χ0v) is 13.4. The first kappa shape index (κ1) is 16.7. The number of carbonyl (C=O) groups excluding carboxylic acids is 2. The Morgan fingerprint density at radius 2 is 1.65 bits per heavy atom. The summed E-state index contributed by atoms with van der Waals surface area (Å²) < 4.78 is 0. The fourth-order valence-electron chi connectivity index (χ4n) is 2.67. The Kier molecular flexibility index (Phi) is 4.52. The first-order valence-corrected chi connectivity index (χ1v) is 7.24. The minimum atomic E-state index is -0.571. The lowest BCUT2D eigenvalue weighted by molar-refractivity contribution is 0.0706. The summed E-state index contributed by atoms with van der Waals surface area (Å²) in [5, 5.41) is 8.67. The molecule has 0 aliphatic heterocycles. The topological polar surface area (TPSA) is 92.4 Å². The fourth-order valence-corrected chi connectivity index (χ4v) is 2.67. The summed E-state index contributed by atoms with van der Waals surface area (Å²) in [5.74, 6) is -1.04. The largest absolute Gasteiger partial charge is 0.366 e. The van der Waals surface area contributed by atoms with E-state index in [1.807, 2.05) is 26.8 Å². The van der Waals surface area contributed by atoms with Crippen LogP contribution in [0.1, 0.15) is 47.1 Å². The average Bonchev–Trinajstić information content (AvgIpc) is 2.52. The van der Waals surface area contributed by atoms with Crippen molar-refractivity contribution in [2.75, 3.05) is 0 Å². The molecule has 0 aliphatic carbocycles. The highest BCUT2D eigenvalue weighted by molar-refractivity contribution is 5.97. The van der Waals surface area contributed by atoms with Crippen molar-refractivity contribution in [3.05, 3.63) is 59.2 Å². The summed E-state index contributed by atoms with van der Waals surface area (Å²) in [6.45, 7) is 6.06. The standard InChI is InChI=1S/C18H20N2O3/c1-18(2,3)15-13(5-4-6-14(15)16(19)21)11-7-9-12(10-8-11)17(22)20-23/h4-10,23H,1-3H3,(H2,19,21)(H,20,22). The summed E-state index contributed by atoms with van der Waals surface area (Å²) in [4.78, 5) is 23.2. The molecular weight excluding hydrogens is 292 g/mol. The molecule has 2 rings (SSSR count). The van der Waals surface area contributed by atoms with Crippen molar-refractivity contribution in [2.45, 2.75) is 26.2 Å². The van der Waals surface area contributed by atoms with Gasteiger partial charge in [-0.1, -0.05) is 45.0 Å². The first-order valence-electron chi connectivity index (χ1n) is 7.24. The molecule has 2 aromatic rings. The van der Waals surface area contributed by atoms with Crippen LogP contribution in [-0.2, 0) is 5.41 Å². The molecule has 0 bridgehead atoms. The van der Waals surface area contributed by atoms with Crippen LogP contribution in [0.3, 0.4) is 0 Å². The second-order valence-electron chi connectivity index (χ2n) is 6.36. The number of hydrogen-bond acceptors (Lipinski definition) is 3. The Balaban J connectivity index is 2.62. The SMILES string of the molecule is CC(C)(C)c1c(C(N)=O)cccc1-c1ccc(C(=O)NO)cc1. The van der Waals surface area contributed by atoms with Crippen LogP contribution in [0.2, 0.25) is 0 Å². The molecule has 120 valence electrons. The molecule has 5 heteroatoms. The molecule has 0 spiro atoms. The summed E-state index contributed by atoms with van der Waals surface area (Å²) in [6.07, 6.45) is 0. The Labute approximate surface area is 135 Å². The van der Waals surface area contributed by atoms with E-state index in [0.717, 1.165) is 16.7 Å². The molecular formula is C18H20N2O3. The molecule has 2 aromatic carbocycles. The van der Waals surface area contributed by atoms with Crippen LogP contribution in [0.25, 0.3) is 11.1 Å². The highest BCUT2D eigenvalue weighted by Crippen LogP contribution is 2.35. The van der Waals surface area contributed by atoms with Gasteiger partial charge < -0.3 is 5.73 Å². The average molecular weight is 312 g/mol. The quantitative estimate of drug-likeness (QED) is 0.601. The summed E-state index contributed by atoms with van der Waals surface area (Å²) in [6, 6.07) is 12.2. The van der Waals surface area contributed by atoms with Crippen LogP contribution in [-0.4, -0.2) is 17.0 Å². The van der Waals surface area contributed by atoms with Crippen LogP contribution in [0.4, 0.5) is 0 Å². The van der Waals surface area contributed by atoms with Gasteiger partial charge in [-0.05, 0) is 40.3 Å². The number of hydroxylamine groups is 1. The van der Waals surface area contributed by atoms with Gasteiger partial charge in [-0.3, -0.25) is 14.8 Å². The van der Waals surface area contributed by atoms with Crippen molar-refractivity contribution in [1.29, 1.82) is 0 Å². The van der Waals surface area contributed by atoms with Gasteiger partial charge in [0, 0.05) is 11.1 Å². The first-order chi connectivity index (χ1) is 10.8. The third-order valence-corrected chi connectivity index (χ3v) is 3.64. The fraction of sp³-hybridized carbons (Fsp3) is 0.222. The predicted octanol–water partition coefficient (Wildman–Crippen LogP) is 2.87. The zero-order chi connectivity index (χ0) is 17.2. The van der Waals surface area contributed by atoms with Crippen molar-refractivity contribution >= 4 is 11.8 Å². The van der Waals surface area contributed by atoms with E-state index in [1.54, 1.807) is 41.9 Å². The monoisotopic (exact) mass is 312 g/mol. The van der Waals surface area contributed by atoms with Crippen LogP contribution in [0, 0.1) is 0 Å². The maximum Gasteiger partial charge on any atom is 0.274 e. The van der Waals surface area contributed by atoms with Gasteiger partial charge >= 0.3 is 0 Å². The minimum absolute atomic E-state index is 0.276. The number of rotatable bonds is 3. The molecule has 0 saturated carbocycles. The third kappa shape index (κ3) is 3.40. The number of nitrogens with two attached hydrogens (primary N) is 1. The molecule has 0 fully saturated rings. The highest BCUT2D eigenvalue weighted by Gasteiger charge is 2.24. The lowest BCUT2D eigenvalue weighted by Crippen LogP contribution is -2.22. The van der Waals surface area contributed by atoms with Crippen LogP contribution in [0.15, 0.2) is 42.5 Å². The van der Waals surface area contributed by atoms with Crippen LogP contribution >= 0.6 is 0 Å². The molecule has 2 amide bonds. The number of primary amides is 1. The minimum Gasteiger partial charge on any atom is -0.366 e. The molecule has 0 heterocycles. The Hall–Kier alpha value is -2.66. The van der Waals surface area contributed by atoms with Crippen LogP contribution in [0.5, 0.6) is 0 Å². The Morgan fingerprint density at radius 3 is 2.13 bits per heavy atom. The molecule has 23 heavy (non-hydrogen) atoms. The second-order valence-corrected chi connectivity index (χ2v) is 6.36. The summed E-state index contributed by atoms with van der Waals surface area (Å²) in [7, 11) is 0. The van der Waals surface area contributed by atoms with E-state index in [-0.39, 0.29) is 5.41 Å². The Morgan fingerprint density at radius 1 is 1.04 bits per heavy atom. The number of hydrogen-bond donors (Lipinski definition) is 3. The smallest absolute Gasteiger partial charge is 0.274 e. The predicted molar refractivity (Wildman–Crippen MR) is 88.3 cm³/mol. The maximum atomic E-state index is 11.8. The Bertz CT molecular complexity index is 744. The summed E-state index contributed by atoms with van der Waals surface area (Å²) in [5.41, 5.74) is 10.3. The molecule has 0 radical (unpaired) electrons. The van der Waals surface area contributed by atoms with Crippen molar-refractivity contribution in [2.24, 2.45) is 5.73 Å². The molecule has 0 aromatic heterocycles. The van der Waals surface area contributed by atoms with E-state index >= 15 is 0 Å².